The van der Waals surface area contributed by atoms with Gasteiger partial charge in [-0.15, -0.1) is 0 Å². The Kier molecular flexibility index (Phi) is 2.21. The number of imidazole rings is 1. The van der Waals surface area contributed by atoms with Crippen molar-refractivity contribution in [1.82, 2.24) is 19.5 Å². The van der Waals surface area contributed by atoms with Crippen LogP contribution in [0.1, 0.15) is 19.7 Å². The van der Waals surface area contributed by atoms with Gasteiger partial charge in [-0.05, 0) is 26.0 Å². The molecule has 3 heterocycles. The Hall–Kier alpha value is -2.21. The highest BCUT2D eigenvalue weighted by molar-refractivity contribution is 5.56. The van der Waals surface area contributed by atoms with Crippen molar-refractivity contribution in [2.24, 2.45) is 5.73 Å². The molecule has 2 N–H and O–H groups in total. The first-order chi connectivity index (χ1) is 8.55. The minimum absolute atomic E-state index is 0.406. The van der Waals surface area contributed by atoms with Gasteiger partial charge in [-0.2, -0.15) is 4.98 Å². The molecule has 0 saturated heterocycles. The number of fused-ring (bicyclic) bond motifs is 1. The molecule has 3 aromatic rings. The molecule has 6 heteroatoms. The third-order valence-electron chi connectivity index (χ3n) is 2.62. The highest BCUT2D eigenvalue weighted by Gasteiger charge is 2.23. The highest BCUT2D eigenvalue weighted by Crippen LogP contribution is 2.21. The molecule has 0 aromatic carbocycles. The van der Waals surface area contributed by atoms with E-state index in [-0.39, 0.29) is 0 Å². The van der Waals surface area contributed by atoms with Crippen LogP contribution in [-0.2, 0) is 5.54 Å². The third kappa shape index (κ3) is 1.67. The lowest BCUT2D eigenvalue weighted by Gasteiger charge is -2.10. The van der Waals surface area contributed by atoms with Crippen molar-refractivity contribution in [3.63, 3.8) is 0 Å². The molecule has 18 heavy (non-hydrogen) atoms. The summed E-state index contributed by atoms with van der Waals surface area (Å²) in [5.74, 6) is 0.894. The average molecular weight is 243 g/mol. The van der Waals surface area contributed by atoms with Crippen LogP contribution >= 0.6 is 0 Å². The molecule has 0 atom stereocenters. The number of nitrogens with zero attached hydrogens (tertiary/aromatic N) is 4. The molecular weight excluding hydrogens is 230 g/mol. The summed E-state index contributed by atoms with van der Waals surface area (Å²) in [7, 11) is 0. The molecule has 92 valence electrons. The molecule has 0 saturated carbocycles. The second-order valence-electron chi connectivity index (χ2n) is 4.72. The molecule has 0 aliphatic rings. The summed E-state index contributed by atoms with van der Waals surface area (Å²) < 4.78 is 7.08. The van der Waals surface area contributed by atoms with Gasteiger partial charge >= 0.3 is 0 Å². The van der Waals surface area contributed by atoms with Gasteiger partial charge in [-0.1, -0.05) is 11.2 Å². The fourth-order valence-corrected chi connectivity index (χ4v) is 1.69. The SMILES string of the molecule is CC(C)(N)c1nc(-c2cnc3ccccn23)no1. The van der Waals surface area contributed by atoms with Gasteiger partial charge in [0.15, 0.2) is 0 Å². The quantitative estimate of drug-likeness (QED) is 0.738. The smallest absolute Gasteiger partial charge is 0.246 e. The lowest BCUT2D eigenvalue weighted by molar-refractivity contribution is 0.312. The number of pyridine rings is 1. The van der Waals surface area contributed by atoms with Gasteiger partial charge in [-0.25, -0.2) is 4.98 Å². The van der Waals surface area contributed by atoms with Gasteiger partial charge < -0.3 is 10.3 Å². The number of rotatable bonds is 2. The largest absolute Gasteiger partial charge is 0.337 e. The predicted octanol–water partition coefficient (Wildman–Crippen LogP) is 1.58. The van der Waals surface area contributed by atoms with E-state index in [1.165, 1.54) is 0 Å². The minimum Gasteiger partial charge on any atom is -0.337 e. The zero-order chi connectivity index (χ0) is 12.8. The van der Waals surface area contributed by atoms with E-state index < -0.39 is 5.54 Å². The van der Waals surface area contributed by atoms with Crippen LogP contribution in [0.2, 0.25) is 0 Å². The number of nitrogens with two attached hydrogens (primary N) is 1. The van der Waals surface area contributed by atoms with Crippen molar-refractivity contribution < 1.29 is 4.52 Å². The monoisotopic (exact) mass is 243 g/mol. The number of hydrogen-bond acceptors (Lipinski definition) is 5. The minimum atomic E-state index is -0.647. The van der Waals surface area contributed by atoms with Crippen LogP contribution in [0.25, 0.3) is 17.2 Å². The van der Waals surface area contributed by atoms with E-state index in [1.54, 1.807) is 6.20 Å². The van der Waals surface area contributed by atoms with Crippen molar-refractivity contribution in [3.8, 4) is 11.5 Å². The number of hydrogen-bond donors (Lipinski definition) is 1. The summed E-state index contributed by atoms with van der Waals surface area (Å²) in [6.07, 6.45) is 3.62. The Morgan fingerprint density at radius 3 is 2.89 bits per heavy atom. The van der Waals surface area contributed by atoms with Crippen molar-refractivity contribution in [2.75, 3.05) is 0 Å². The van der Waals surface area contributed by atoms with Gasteiger partial charge in [0.05, 0.1) is 11.7 Å². The molecule has 6 nitrogen and oxygen atoms in total. The topological polar surface area (TPSA) is 82.2 Å². The van der Waals surface area contributed by atoms with E-state index in [0.717, 1.165) is 11.3 Å². The first kappa shape index (κ1) is 10.9. The summed E-state index contributed by atoms with van der Waals surface area (Å²) in [5, 5.41) is 3.95. The Bertz CT molecular complexity index is 692. The second-order valence-corrected chi connectivity index (χ2v) is 4.72. The molecule has 0 aliphatic carbocycles. The van der Waals surface area contributed by atoms with Gasteiger partial charge in [-0.3, -0.25) is 4.40 Å². The lowest BCUT2D eigenvalue weighted by atomic mass is 10.1. The van der Waals surface area contributed by atoms with E-state index in [0.29, 0.717) is 11.7 Å². The van der Waals surface area contributed by atoms with Gasteiger partial charge in [0.25, 0.3) is 0 Å². The summed E-state index contributed by atoms with van der Waals surface area (Å²) in [5.41, 5.74) is 6.89. The molecule has 0 radical (unpaired) electrons. The van der Waals surface area contributed by atoms with Crippen molar-refractivity contribution in [1.29, 1.82) is 0 Å². The molecule has 0 amide bonds. The van der Waals surface area contributed by atoms with Crippen molar-refractivity contribution in [2.45, 2.75) is 19.4 Å². The predicted molar refractivity (Wildman–Crippen MR) is 65.7 cm³/mol. The molecular formula is C12H13N5O. The Balaban J connectivity index is 2.13. The van der Waals surface area contributed by atoms with E-state index >= 15 is 0 Å². The zero-order valence-electron chi connectivity index (χ0n) is 10.2. The molecule has 0 spiro atoms. The van der Waals surface area contributed by atoms with Crippen LogP contribution in [0, 0.1) is 0 Å². The first-order valence-electron chi connectivity index (χ1n) is 5.61. The van der Waals surface area contributed by atoms with Crippen LogP contribution in [0.15, 0.2) is 35.1 Å². The normalized spacial score (nSPS) is 12.2. The van der Waals surface area contributed by atoms with Gasteiger partial charge in [0, 0.05) is 6.20 Å². The van der Waals surface area contributed by atoms with E-state index in [1.807, 2.05) is 42.6 Å². The molecule has 3 aromatic heterocycles. The van der Waals surface area contributed by atoms with Crippen molar-refractivity contribution >= 4 is 5.65 Å². The Morgan fingerprint density at radius 2 is 2.17 bits per heavy atom. The number of aromatic nitrogens is 4. The van der Waals surface area contributed by atoms with Crippen molar-refractivity contribution in [3.05, 3.63) is 36.5 Å². The van der Waals surface area contributed by atoms with Crippen LogP contribution in [0.3, 0.4) is 0 Å². The maximum Gasteiger partial charge on any atom is 0.246 e. The Morgan fingerprint density at radius 1 is 1.33 bits per heavy atom. The fourth-order valence-electron chi connectivity index (χ4n) is 1.69. The van der Waals surface area contributed by atoms with Crippen LogP contribution < -0.4 is 5.73 Å². The van der Waals surface area contributed by atoms with Crippen LogP contribution in [0.4, 0.5) is 0 Å². The molecule has 0 bridgehead atoms. The summed E-state index contributed by atoms with van der Waals surface area (Å²) >= 11 is 0. The van der Waals surface area contributed by atoms with Crippen LogP contribution in [-0.4, -0.2) is 19.5 Å². The van der Waals surface area contributed by atoms with Crippen LogP contribution in [0.5, 0.6) is 0 Å². The van der Waals surface area contributed by atoms with E-state index in [9.17, 15) is 0 Å². The lowest BCUT2D eigenvalue weighted by Crippen LogP contribution is -2.28. The maximum atomic E-state index is 5.92. The van der Waals surface area contributed by atoms with E-state index in [2.05, 4.69) is 15.1 Å². The molecule has 0 unspecified atom stereocenters. The molecule has 3 rings (SSSR count). The first-order valence-corrected chi connectivity index (χ1v) is 5.61. The molecule has 0 fully saturated rings. The fraction of sp³-hybridized carbons (Fsp3) is 0.250. The standard InChI is InChI=1S/C12H13N5O/c1-12(2,13)11-15-10(16-18-11)8-7-14-9-5-3-4-6-17(8)9/h3-7H,13H2,1-2H3. The Labute approximate surface area is 103 Å². The second kappa shape index (κ2) is 3.64. The summed E-state index contributed by atoms with van der Waals surface area (Å²) in [4.78, 5) is 8.59. The summed E-state index contributed by atoms with van der Waals surface area (Å²) in [6.45, 7) is 3.64. The average Bonchev–Trinajstić information content (AvgIpc) is 2.94. The van der Waals surface area contributed by atoms with E-state index in [4.69, 9.17) is 10.3 Å². The maximum absolute atomic E-state index is 5.92. The highest BCUT2D eigenvalue weighted by atomic mass is 16.5. The third-order valence-corrected chi connectivity index (χ3v) is 2.62. The summed E-state index contributed by atoms with van der Waals surface area (Å²) in [6, 6.07) is 5.76. The zero-order valence-corrected chi connectivity index (χ0v) is 10.2. The molecule has 0 aliphatic heterocycles. The van der Waals surface area contributed by atoms with Gasteiger partial charge in [0.1, 0.15) is 11.3 Å². The van der Waals surface area contributed by atoms with Gasteiger partial charge in [0.2, 0.25) is 11.7 Å².